The molecule has 2 aliphatic rings. The summed E-state index contributed by atoms with van der Waals surface area (Å²) in [6, 6.07) is 5.63. The Kier molecular flexibility index (Phi) is 4.94. The molecule has 1 N–H and O–H groups in total. The third kappa shape index (κ3) is 3.47. The van der Waals surface area contributed by atoms with E-state index in [1.807, 2.05) is 18.2 Å². The van der Waals surface area contributed by atoms with E-state index < -0.39 is 6.10 Å². The number of hydrogen-bond acceptors (Lipinski definition) is 2. The van der Waals surface area contributed by atoms with Gasteiger partial charge in [-0.15, -0.1) is 0 Å². The van der Waals surface area contributed by atoms with Gasteiger partial charge in [0.25, 0.3) is 0 Å². The van der Waals surface area contributed by atoms with Gasteiger partial charge in [-0.25, -0.2) is 0 Å². The molecule has 1 saturated heterocycles. The zero-order valence-electron chi connectivity index (χ0n) is 12.2. The Bertz CT molecular complexity index is 494. The number of ether oxygens (including phenoxy) is 1. The maximum absolute atomic E-state index is 10.8. The summed E-state index contributed by atoms with van der Waals surface area (Å²) in [7, 11) is 0. The molecule has 2 fully saturated rings. The summed E-state index contributed by atoms with van der Waals surface area (Å²) in [5.41, 5.74) is 0.924. The molecule has 0 amide bonds. The van der Waals surface area contributed by atoms with Crippen LogP contribution >= 0.6 is 27.5 Å². The topological polar surface area (TPSA) is 29.5 Å². The molecule has 1 aliphatic carbocycles. The van der Waals surface area contributed by atoms with Crippen LogP contribution in [0.25, 0.3) is 0 Å². The second kappa shape index (κ2) is 6.57. The molecule has 1 saturated carbocycles. The maximum Gasteiger partial charge on any atom is 0.0831 e. The van der Waals surface area contributed by atoms with Gasteiger partial charge in [0, 0.05) is 16.1 Å². The Balaban J connectivity index is 1.77. The van der Waals surface area contributed by atoms with Crippen LogP contribution in [0, 0.1) is 5.92 Å². The molecular weight excluding hydrogens is 352 g/mol. The molecule has 21 heavy (non-hydrogen) atoms. The molecule has 1 aromatic carbocycles. The molecular formula is C17H22BrClO2. The first-order valence-electron chi connectivity index (χ1n) is 7.87. The van der Waals surface area contributed by atoms with E-state index in [0.717, 1.165) is 42.3 Å². The highest BCUT2D eigenvalue weighted by Gasteiger charge is 2.41. The fraction of sp³-hybridized carbons (Fsp3) is 0.647. The largest absolute Gasteiger partial charge is 0.388 e. The predicted molar refractivity (Wildman–Crippen MR) is 88.6 cm³/mol. The van der Waals surface area contributed by atoms with Gasteiger partial charge in [-0.05, 0) is 55.4 Å². The maximum atomic E-state index is 10.8. The van der Waals surface area contributed by atoms with Gasteiger partial charge < -0.3 is 9.84 Å². The first-order chi connectivity index (χ1) is 10.1. The Hall–Kier alpha value is -0.0900. The minimum atomic E-state index is -0.472. The molecule has 3 rings (SSSR count). The van der Waals surface area contributed by atoms with Crippen LogP contribution in [0.1, 0.15) is 56.6 Å². The third-order valence-electron chi connectivity index (χ3n) is 5.02. The average Bonchev–Trinajstić information content (AvgIpc) is 2.50. The monoisotopic (exact) mass is 372 g/mol. The van der Waals surface area contributed by atoms with Gasteiger partial charge in [-0.3, -0.25) is 0 Å². The fourth-order valence-corrected chi connectivity index (χ4v) is 4.54. The van der Waals surface area contributed by atoms with Gasteiger partial charge in [-0.2, -0.15) is 0 Å². The van der Waals surface area contributed by atoms with Crippen LogP contribution in [0.3, 0.4) is 0 Å². The molecule has 0 aromatic heterocycles. The van der Waals surface area contributed by atoms with Gasteiger partial charge in [0.2, 0.25) is 0 Å². The Morgan fingerprint density at radius 2 is 2.05 bits per heavy atom. The second-order valence-electron chi connectivity index (χ2n) is 6.46. The van der Waals surface area contributed by atoms with E-state index in [1.165, 1.54) is 19.3 Å². The van der Waals surface area contributed by atoms with Crippen molar-refractivity contribution < 1.29 is 9.84 Å². The molecule has 2 atom stereocenters. The highest BCUT2D eigenvalue weighted by atomic mass is 79.9. The molecule has 1 spiro atoms. The zero-order valence-corrected chi connectivity index (χ0v) is 14.5. The normalized spacial score (nSPS) is 26.7. The van der Waals surface area contributed by atoms with Crippen molar-refractivity contribution >= 4 is 27.5 Å². The van der Waals surface area contributed by atoms with E-state index in [1.54, 1.807) is 0 Å². The van der Waals surface area contributed by atoms with Crippen LogP contribution in [0.5, 0.6) is 0 Å². The summed E-state index contributed by atoms with van der Waals surface area (Å²) >= 11 is 9.62. The number of rotatable bonds is 2. The van der Waals surface area contributed by atoms with Crippen molar-refractivity contribution in [2.24, 2.45) is 5.92 Å². The Morgan fingerprint density at radius 1 is 1.29 bits per heavy atom. The summed E-state index contributed by atoms with van der Waals surface area (Å²) in [4.78, 5) is 0. The predicted octanol–water partition coefficient (Wildman–Crippen LogP) is 5.27. The third-order valence-corrected chi connectivity index (χ3v) is 5.98. The van der Waals surface area contributed by atoms with Crippen molar-refractivity contribution in [2.45, 2.75) is 56.7 Å². The summed E-state index contributed by atoms with van der Waals surface area (Å²) < 4.78 is 7.06. The first kappa shape index (κ1) is 15.8. The first-order valence-corrected chi connectivity index (χ1v) is 9.04. The van der Waals surface area contributed by atoms with Gasteiger partial charge in [0.1, 0.15) is 0 Å². The van der Waals surface area contributed by atoms with Crippen LogP contribution in [-0.2, 0) is 4.74 Å². The number of halogens is 2. The van der Waals surface area contributed by atoms with E-state index in [2.05, 4.69) is 15.9 Å². The molecule has 1 heterocycles. The van der Waals surface area contributed by atoms with Gasteiger partial charge in [-0.1, -0.05) is 46.8 Å². The van der Waals surface area contributed by atoms with E-state index in [9.17, 15) is 5.11 Å². The number of benzene rings is 1. The number of aliphatic hydroxyl groups is 1. The lowest BCUT2D eigenvalue weighted by Crippen LogP contribution is -2.42. The van der Waals surface area contributed by atoms with Crippen LogP contribution in [0.2, 0.25) is 5.02 Å². The molecule has 2 nitrogen and oxygen atoms in total. The molecule has 2 unspecified atom stereocenters. The van der Waals surface area contributed by atoms with E-state index in [0.29, 0.717) is 5.02 Å². The average molecular weight is 374 g/mol. The molecule has 116 valence electrons. The van der Waals surface area contributed by atoms with Crippen LogP contribution in [0.15, 0.2) is 22.7 Å². The van der Waals surface area contributed by atoms with Crippen molar-refractivity contribution in [3.05, 3.63) is 33.3 Å². The van der Waals surface area contributed by atoms with Crippen molar-refractivity contribution in [1.82, 2.24) is 0 Å². The molecule has 0 radical (unpaired) electrons. The molecule has 1 aliphatic heterocycles. The molecule has 1 aromatic rings. The lowest BCUT2D eigenvalue weighted by atomic mass is 9.74. The zero-order chi connectivity index (χ0) is 14.9. The Labute approximate surface area is 140 Å². The highest BCUT2D eigenvalue weighted by Crippen LogP contribution is 2.45. The van der Waals surface area contributed by atoms with E-state index in [4.69, 9.17) is 16.3 Å². The van der Waals surface area contributed by atoms with E-state index >= 15 is 0 Å². The summed E-state index contributed by atoms with van der Waals surface area (Å²) in [6.07, 6.45) is 7.53. The lowest BCUT2D eigenvalue weighted by Gasteiger charge is -2.44. The molecule has 0 bridgehead atoms. The Morgan fingerprint density at radius 3 is 2.81 bits per heavy atom. The van der Waals surface area contributed by atoms with Crippen molar-refractivity contribution in [3.63, 3.8) is 0 Å². The highest BCUT2D eigenvalue weighted by molar-refractivity contribution is 9.10. The van der Waals surface area contributed by atoms with Crippen molar-refractivity contribution in [2.75, 3.05) is 6.61 Å². The van der Waals surface area contributed by atoms with Crippen molar-refractivity contribution in [3.8, 4) is 0 Å². The number of aliphatic hydroxyl groups excluding tert-OH is 1. The number of hydrogen-bond donors (Lipinski definition) is 1. The molecule has 4 heteroatoms. The summed E-state index contributed by atoms with van der Waals surface area (Å²) in [6.45, 7) is 0.764. The van der Waals surface area contributed by atoms with Crippen LogP contribution in [0.4, 0.5) is 0 Å². The second-order valence-corrected chi connectivity index (χ2v) is 7.75. The van der Waals surface area contributed by atoms with Gasteiger partial charge >= 0.3 is 0 Å². The quantitative estimate of drug-likeness (QED) is 0.765. The minimum Gasteiger partial charge on any atom is -0.388 e. The van der Waals surface area contributed by atoms with Crippen LogP contribution < -0.4 is 0 Å². The van der Waals surface area contributed by atoms with Gasteiger partial charge in [0.15, 0.2) is 0 Å². The standard InChI is InChI=1S/C17H22BrClO2/c18-15-5-4-13(19)10-14(15)16(20)12-6-9-21-17(11-12)7-2-1-3-8-17/h4-5,10,12,16,20H,1-3,6-9,11H2. The van der Waals surface area contributed by atoms with Gasteiger partial charge in [0.05, 0.1) is 11.7 Å². The van der Waals surface area contributed by atoms with Crippen molar-refractivity contribution in [1.29, 1.82) is 0 Å². The fourth-order valence-electron chi connectivity index (χ4n) is 3.87. The summed E-state index contributed by atoms with van der Waals surface area (Å²) in [5.74, 6) is 0.256. The lowest BCUT2D eigenvalue weighted by molar-refractivity contribution is -0.134. The SMILES string of the molecule is OC(c1cc(Cl)ccc1Br)C1CCOC2(CCCCC2)C1. The summed E-state index contributed by atoms with van der Waals surface area (Å²) in [5, 5.41) is 11.5. The van der Waals surface area contributed by atoms with E-state index in [-0.39, 0.29) is 11.5 Å². The smallest absolute Gasteiger partial charge is 0.0831 e. The minimum absolute atomic E-state index is 0.0210. The van der Waals surface area contributed by atoms with Crippen LogP contribution in [-0.4, -0.2) is 17.3 Å².